The topological polar surface area (TPSA) is 35.0 Å². The summed E-state index contributed by atoms with van der Waals surface area (Å²) in [7, 11) is 0. The summed E-state index contributed by atoms with van der Waals surface area (Å²) in [5.41, 5.74) is 4.16. The molecular weight excluding hydrogens is 224 g/mol. The van der Waals surface area contributed by atoms with E-state index >= 15 is 0 Å². The lowest BCUT2D eigenvalue weighted by Crippen LogP contribution is -1.99. The minimum absolute atomic E-state index is 0.131. The molecule has 3 nitrogen and oxygen atoms in total. The van der Waals surface area contributed by atoms with Crippen LogP contribution in [0.15, 0.2) is 36.7 Å². The van der Waals surface area contributed by atoms with E-state index in [1.54, 1.807) is 12.4 Å². The van der Waals surface area contributed by atoms with Crippen LogP contribution in [0.1, 0.15) is 31.2 Å². The first kappa shape index (κ1) is 12.7. The molecule has 3 heteroatoms. The molecule has 0 aliphatic carbocycles. The lowest BCUT2D eigenvalue weighted by Gasteiger charge is -2.12. The smallest absolute Gasteiger partial charge is 0.0914 e. The van der Waals surface area contributed by atoms with Gasteiger partial charge in [0.1, 0.15) is 0 Å². The predicted molar refractivity (Wildman–Crippen MR) is 72.2 cm³/mol. The fourth-order valence-electron chi connectivity index (χ4n) is 1.95. The molecule has 0 bridgehead atoms. The van der Waals surface area contributed by atoms with E-state index < -0.39 is 0 Å². The largest absolute Gasteiger partial charge is 0.374 e. The van der Waals surface area contributed by atoms with E-state index in [9.17, 15) is 0 Å². The Morgan fingerprint density at radius 1 is 1.11 bits per heavy atom. The summed E-state index contributed by atoms with van der Waals surface area (Å²) in [6, 6.07) is 8.32. The molecule has 0 radical (unpaired) electrons. The summed E-state index contributed by atoms with van der Waals surface area (Å²) in [5, 5.41) is 0. The first-order valence-corrected chi connectivity index (χ1v) is 6.22. The number of benzene rings is 1. The van der Waals surface area contributed by atoms with E-state index in [4.69, 9.17) is 4.74 Å². The second kappa shape index (κ2) is 5.74. The third kappa shape index (κ3) is 2.74. The van der Waals surface area contributed by atoms with Gasteiger partial charge in [0.2, 0.25) is 0 Å². The summed E-state index contributed by atoms with van der Waals surface area (Å²) in [6.07, 6.45) is 3.57. The average molecular weight is 242 g/mol. The molecule has 1 atom stereocenters. The molecule has 1 unspecified atom stereocenters. The highest BCUT2D eigenvalue weighted by molar-refractivity contribution is 5.61. The summed E-state index contributed by atoms with van der Waals surface area (Å²) in [5.74, 6) is 0. The molecule has 2 aromatic rings. The number of hydrogen-bond donors (Lipinski definition) is 0. The Bertz CT molecular complexity index is 508. The summed E-state index contributed by atoms with van der Waals surface area (Å²) >= 11 is 0. The lowest BCUT2D eigenvalue weighted by atomic mass is 10.0. The van der Waals surface area contributed by atoms with Crippen LogP contribution in [0.4, 0.5) is 0 Å². The van der Waals surface area contributed by atoms with Crippen LogP contribution in [0.25, 0.3) is 11.3 Å². The second-order valence-electron chi connectivity index (χ2n) is 4.21. The minimum atomic E-state index is 0.131. The van der Waals surface area contributed by atoms with E-state index in [2.05, 4.69) is 41.2 Å². The van der Waals surface area contributed by atoms with E-state index in [1.165, 1.54) is 5.56 Å². The van der Waals surface area contributed by atoms with Gasteiger partial charge in [0.05, 0.1) is 17.5 Å². The average Bonchev–Trinajstić information content (AvgIpc) is 2.40. The monoisotopic (exact) mass is 242 g/mol. The van der Waals surface area contributed by atoms with E-state index in [-0.39, 0.29) is 6.10 Å². The van der Waals surface area contributed by atoms with Crippen molar-refractivity contribution in [2.45, 2.75) is 26.9 Å². The standard InChI is InChI=1S/C15H18N2O/c1-4-18-12(3)13-5-7-14(8-6-13)15-11(2)16-9-10-17-15/h5-10,12H,4H2,1-3H3. The van der Waals surface area contributed by atoms with Gasteiger partial charge in [-0.2, -0.15) is 0 Å². The third-order valence-corrected chi connectivity index (χ3v) is 2.95. The van der Waals surface area contributed by atoms with Crippen molar-refractivity contribution in [2.24, 2.45) is 0 Å². The Balaban J connectivity index is 2.25. The van der Waals surface area contributed by atoms with Gasteiger partial charge in [-0.1, -0.05) is 24.3 Å². The Labute approximate surface area is 108 Å². The molecule has 94 valence electrons. The summed E-state index contributed by atoms with van der Waals surface area (Å²) in [4.78, 5) is 8.62. The van der Waals surface area contributed by atoms with Crippen LogP contribution in [0.3, 0.4) is 0 Å². The lowest BCUT2D eigenvalue weighted by molar-refractivity contribution is 0.0764. The van der Waals surface area contributed by atoms with Crippen molar-refractivity contribution in [2.75, 3.05) is 6.61 Å². The van der Waals surface area contributed by atoms with Gasteiger partial charge in [0.15, 0.2) is 0 Å². The van der Waals surface area contributed by atoms with Crippen LogP contribution >= 0.6 is 0 Å². The molecule has 0 spiro atoms. The molecule has 2 rings (SSSR count). The van der Waals surface area contributed by atoms with Crippen molar-refractivity contribution < 1.29 is 4.74 Å². The number of hydrogen-bond acceptors (Lipinski definition) is 3. The van der Waals surface area contributed by atoms with E-state index in [0.29, 0.717) is 0 Å². The van der Waals surface area contributed by atoms with Gasteiger partial charge in [-0.05, 0) is 26.3 Å². The maximum atomic E-state index is 5.57. The maximum Gasteiger partial charge on any atom is 0.0914 e. The normalized spacial score (nSPS) is 12.4. The fraction of sp³-hybridized carbons (Fsp3) is 0.333. The van der Waals surface area contributed by atoms with Gasteiger partial charge in [-0.15, -0.1) is 0 Å². The van der Waals surface area contributed by atoms with Crippen molar-refractivity contribution in [1.29, 1.82) is 0 Å². The maximum absolute atomic E-state index is 5.57. The number of aryl methyl sites for hydroxylation is 1. The minimum Gasteiger partial charge on any atom is -0.374 e. The zero-order chi connectivity index (χ0) is 13.0. The Kier molecular flexibility index (Phi) is 4.05. The van der Waals surface area contributed by atoms with E-state index in [1.807, 2.05) is 13.8 Å². The highest BCUT2D eigenvalue weighted by atomic mass is 16.5. The van der Waals surface area contributed by atoms with Crippen molar-refractivity contribution >= 4 is 0 Å². The van der Waals surface area contributed by atoms with Gasteiger partial charge in [-0.3, -0.25) is 9.97 Å². The van der Waals surface area contributed by atoms with Crippen LogP contribution in [0.5, 0.6) is 0 Å². The predicted octanol–water partition coefficient (Wildman–Crippen LogP) is 3.55. The highest BCUT2D eigenvalue weighted by Crippen LogP contribution is 2.23. The Hall–Kier alpha value is -1.74. The molecule has 0 amide bonds. The summed E-state index contributed by atoms with van der Waals surface area (Å²) in [6.45, 7) is 6.77. The van der Waals surface area contributed by atoms with Crippen molar-refractivity contribution in [3.8, 4) is 11.3 Å². The highest BCUT2D eigenvalue weighted by Gasteiger charge is 2.07. The van der Waals surface area contributed by atoms with E-state index in [0.717, 1.165) is 23.6 Å². The zero-order valence-electron chi connectivity index (χ0n) is 11.1. The van der Waals surface area contributed by atoms with Crippen LogP contribution in [-0.4, -0.2) is 16.6 Å². The molecule has 18 heavy (non-hydrogen) atoms. The van der Waals surface area contributed by atoms with Crippen LogP contribution in [-0.2, 0) is 4.74 Å². The number of ether oxygens (including phenoxy) is 1. The van der Waals surface area contributed by atoms with Gasteiger partial charge >= 0.3 is 0 Å². The molecule has 1 aromatic heterocycles. The fourth-order valence-corrected chi connectivity index (χ4v) is 1.95. The molecule has 0 fully saturated rings. The van der Waals surface area contributed by atoms with Crippen LogP contribution in [0.2, 0.25) is 0 Å². The molecule has 1 heterocycles. The molecule has 0 aliphatic rings. The van der Waals surface area contributed by atoms with Crippen molar-refractivity contribution in [3.63, 3.8) is 0 Å². The van der Waals surface area contributed by atoms with Gasteiger partial charge in [-0.25, -0.2) is 0 Å². The summed E-state index contributed by atoms with van der Waals surface area (Å²) < 4.78 is 5.57. The van der Waals surface area contributed by atoms with Crippen molar-refractivity contribution in [3.05, 3.63) is 47.9 Å². The SMILES string of the molecule is CCOC(C)c1ccc(-c2nccnc2C)cc1. The first-order chi connectivity index (χ1) is 8.72. The first-order valence-electron chi connectivity index (χ1n) is 6.22. The Morgan fingerprint density at radius 3 is 2.39 bits per heavy atom. The molecular formula is C15H18N2O. The van der Waals surface area contributed by atoms with Gasteiger partial charge < -0.3 is 4.74 Å². The number of nitrogens with zero attached hydrogens (tertiary/aromatic N) is 2. The zero-order valence-corrected chi connectivity index (χ0v) is 11.1. The molecule has 0 aliphatic heterocycles. The number of aromatic nitrogens is 2. The Morgan fingerprint density at radius 2 is 1.78 bits per heavy atom. The number of rotatable bonds is 4. The molecule has 1 aromatic carbocycles. The van der Waals surface area contributed by atoms with Crippen molar-refractivity contribution in [1.82, 2.24) is 9.97 Å². The van der Waals surface area contributed by atoms with Gasteiger partial charge in [0.25, 0.3) is 0 Å². The third-order valence-electron chi connectivity index (χ3n) is 2.95. The second-order valence-corrected chi connectivity index (χ2v) is 4.21. The van der Waals surface area contributed by atoms with Crippen LogP contribution in [0, 0.1) is 6.92 Å². The molecule has 0 N–H and O–H groups in total. The molecule has 0 saturated carbocycles. The van der Waals surface area contributed by atoms with Crippen LogP contribution < -0.4 is 0 Å². The van der Waals surface area contributed by atoms with Gasteiger partial charge in [0, 0.05) is 24.6 Å². The molecule has 0 saturated heterocycles. The quantitative estimate of drug-likeness (QED) is 0.822.